The molecule has 0 N–H and O–H groups in total. The second kappa shape index (κ2) is 93.2. The van der Waals surface area contributed by atoms with E-state index in [1.54, 1.807) is 0 Å². The van der Waals surface area contributed by atoms with Crippen LogP contribution in [0.1, 0.15) is 0 Å². The second-order valence-corrected chi connectivity index (χ2v) is 0. The van der Waals surface area contributed by atoms with E-state index in [0.29, 0.717) is 0 Å². The van der Waals surface area contributed by atoms with E-state index in [-0.39, 0.29) is 87.7 Å². The molecule has 0 atom stereocenters. The predicted octanol–water partition coefficient (Wildman–Crippen LogP) is -1.66. The Balaban J connectivity index is 0. The molecule has 40 valence electrons. The number of hydrogen-bond donors (Lipinski definition) is 0. The molecule has 7 heavy (non-hydrogen) atoms. The molecule has 0 bridgehead atoms. The quantitative estimate of drug-likeness (QED) is 0.401. The van der Waals surface area contributed by atoms with E-state index in [4.69, 9.17) is 0 Å². The minimum atomic E-state index is 0. The standard InChI is InChI=1S/2Co.2Li.3O.2H/q2*+3;;;3*-2;;. The minimum absolute atomic E-state index is 0. The van der Waals surface area contributed by atoms with Crippen LogP contribution < -0.4 is 0 Å². The molecule has 0 rings (SSSR count). The molecule has 0 spiro atoms. The first-order chi connectivity index (χ1) is 0. The van der Waals surface area contributed by atoms with Crippen LogP contribution in [0.5, 0.6) is 0 Å². The summed E-state index contributed by atoms with van der Waals surface area (Å²) >= 11 is 0. The van der Waals surface area contributed by atoms with E-state index in [1.807, 2.05) is 0 Å². The summed E-state index contributed by atoms with van der Waals surface area (Å²) < 4.78 is 0. The van der Waals surface area contributed by atoms with E-state index in [1.165, 1.54) is 0 Å². The summed E-state index contributed by atoms with van der Waals surface area (Å²) in [5.74, 6) is 0. The maximum absolute atomic E-state index is 0. The Bertz CT molecular complexity index is 10.9. The minimum Gasteiger partial charge on any atom is -2.00 e. The van der Waals surface area contributed by atoms with Crippen LogP contribution in [0.3, 0.4) is 0 Å². The van der Waals surface area contributed by atoms with Crippen molar-refractivity contribution in [1.29, 1.82) is 0 Å². The van der Waals surface area contributed by atoms with Gasteiger partial charge in [-0.05, 0) is 0 Å². The summed E-state index contributed by atoms with van der Waals surface area (Å²) in [5, 5.41) is 0. The van der Waals surface area contributed by atoms with Crippen molar-refractivity contribution in [1.82, 2.24) is 0 Å². The van der Waals surface area contributed by atoms with Gasteiger partial charge in [0.15, 0.2) is 0 Å². The Morgan fingerprint density at radius 2 is 0.429 bits per heavy atom. The molecule has 0 fully saturated rings. The van der Waals surface area contributed by atoms with E-state index in [2.05, 4.69) is 0 Å². The van der Waals surface area contributed by atoms with Crippen LogP contribution in [0, 0.1) is 0 Å². The molecule has 0 radical (unpaired) electrons. The van der Waals surface area contributed by atoms with Crippen molar-refractivity contribution in [3.05, 3.63) is 0 Å². The van der Waals surface area contributed by atoms with Crippen LogP contribution in [0.15, 0.2) is 0 Å². The monoisotopic (exact) mass is 182 g/mol. The van der Waals surface area contributed by atoms with E-state index in [0.717, 1.165) is 0 Å². The van der Waals surface area contributed by atoms with Gasteiger partial charge in [-0.1, -0.05) is 0 Å². The Hall–Kier alpha value is 2.09. The zero-order valence-electron chi connectivity index (χ0n) is 1.89. The maximum atomic E-state index is 0. The zero-order chi connectivity index (χ0) is 0. The molecule has 0 aromatic carbocycles. The Morgan fingerprint density at radius 1 is 0.429 bits per heavy atom. The molecule has 0 aromatic rings. The maximum Gasteiger partial charge on any atom is -2.00 e. The first kappa shape index (κ1) is 136. The molecule has 3 nitrogen and oxygen atoms in total. The van der Waals surface area contributed by atoms with Crippen LogP contribution in [-0.2, 0) is 50.0 Å². The smallest absolute Gasteiger partial charge is 2.00 e. The summed E-state index contributed by atoms with van der Waals surface area (Å²) in [6.07, 6.45) is 0. The van der Waals surface area contributed by atoms with Gasteiger partial charge in [-0.15, -0.1) is 0 Å². The molecular formula is H2Co2Li2O3. The van der Waals surface area contributed by atoms with Gasteiger partial charge in [0.25, 0.3) is 0 Å². The number of hydrogen-bond acceptors (Lipinski definition) is 0. The molecule has 0 heterocycles. The van der Waals surface area contributed by atoms with Gasteiger partial charge in [0.05, 0.1) is 0 Å². The van der Waals surface area contributed by atoms with Gasteiger partial charge in [0.2, 0.25) is 0 Å². The molecule has 0 saturated heterocycles. The third-order valence-corrected chi connectivity index (χ3v) is 0. The Morgan fingerprint density at radius 3 is 0.429 bits per heavy atom. The fraction of sp³-hybridized carbons (Fsp3) is 0. The van der Waals surface area contributed by atoms with E-state index >= 15 is 0 Å². The number of rotatable bonds is 0. The fourth-order valence-electron chi connectivity index (χ4n) is 0. The molecular weight excluding hydrogens is 180 g/mol. The van der Waals surface area contributed by atoms with E-state index < -0.39 is 0 Å². The molecule has 0 saturated carbocycles. The molecule has 0 unspecified atom stereocenters. The molecule has 0 aromatic heterocycles. The van der Waals surface area contributed by atoms with Gasteiger partial charge in [-0.25, -0.2) is 0 Å². The van der Waals surface area contributed by atoms with Crippen LogP contribution in [-0.4, -0.2) is 37.7 Å². The second-order valence-electron chi connectivity index (χ2n) is 0. The predicted molar refractivity (Wildman–Crippen MR) is 16.4 cm³/mol. The third-order valence-electron chi connectivity index (χ3n) is 0. The first-order valence-corrected chi connectivity index (χ1v) is 0. The summed E-state index contributed by atoms with van der Waals surface area (Å²) in [5.41, 5.74) is 0. The van der Waals surface area contributed by atoms with Gasteiger partial charge in [0, 0.05) is 0 Å². The Kier molecular flexibility index (Phi) is 1820. The molecule has 0 aliphatic rings. The topological polar surface area (TPSA) is 85.5 Å². The van der Waals surface area contributed by atoms with E-state index in [9.17, 15) is 0 Å². The summed E-state index contributed by atoms with van der Waals surface area (Å²) in [4.78, 5) is 0. The molecule has 0 aliphatic carbocycles. The first-order valence-electron chi connectivity index (χ1n) is 0. The van der Waals surface area contributed by atoms with Gasteiger partial charge in [-0.2, -0.15) is 0 Å². The SMILES string of the molecule is [Co+3].[Co+3].[LiH].[LiH].[O-2].[O-2].[O-2]. The zero-order valence-corrected chi connectivity index (χ0v) is 3.97. The van der Waals surface area contributed by atoms with Gasteiger partial charge < -0.3 is 16.4 Å². The van der Waals surface area contributed by atoms with Gasteiger partial charge in [0.1, 0.15) is 0 Å². The average Bonchev–Trinajstić information content (AvgIpc) is 0. The van der Waals surface area contributed by atoms with Crippen LogP contribution in [0.25, 0.3) is 0 Å². The Labute approximate surface area is 87.0 Å². The third kappa shape index (κ3) is 68.8. The van der Waals surface area contributed by atoms with Crippen molar-refractivity contribution in [3.63, 3.8) is 0 Å². The summed E-state index contributed by atoms with van der Waals surface area (Å²) in [6, 6.07) is 0. The van der Waals surface area contributed by atoms with Crippen LogP contribution in [0.2, 0.25) is 0 Å². The molecule has 0 aliphatic heterocycles. The molecule has 0 amide bonds. The van der Waals surface area contributed by atoms with Gasteiger partial charge in [-0.3, -0.25) is 0 Å². The van der Waals surface area contributed by atoms with Crippen molar-refractivity contribution in [2.75, 3.05) is 0 Å². The van der Waals surface area contributed by atoms with Crippen molar-refractivity contribution in [3.8, 4) is 0 Å². The van der Waals surface area contributed by atoms with Crippen molar-refractivity contribution < 1.29 is 50.0 Å². The van der Waals surface area contributed by atoms with Gasteiger partial charge >= 0.3 is 71.3 Å². The van der Waals surface area contributed by atoms with Crippen LogP contribution >= 0.6 is 0 Å². The van der Waals surface area contributed by atoms with Crippen molar-refractivity contribution in [2.45, 2.75) is 0 Å². The largest absolute Gasteiger partial charge is 2.00 e. The van der Waals surface area contributed by atoms with Crippen LogP contribution in [0.4, 0.5) is 0 Å². The summed E-state index contributed by atoms with van der Waals surface area (Å²) in [6.45, 7) is 0. The molecule has 7 heteroatoms. The normalized spacial score (nSPS) is 0. The van der Waals surface area contributed by atoms with Crippen molar-refractivity contribution in [2.24, 2.45) is 0 Å². The summed E-state index contributed by atoms with van der Waals surface area (Å²) in [7, 11) is 0. The average molecular weight is 182 g/mol. The fourth-order valence-corrected chi connectivity index (χ4v) is 0. The van der Waals surface area contributed by atoms with Crippen molar-refractivity contribution >= 4 is 37.7 Å².